The van der Waals surface area contributed by atoms with E-state index in [1.807, 2.05) is 13.8 Å². The summed E-state index contributed by atoms with van der Waals surface area (Å²) >= 11 is 0. The number of aliphatic carboxylic acids is 1. The van der Waals surface area contributed by atoms with Crippen molar-refractivity contribution in [2.45, 2.75) is 46.2 Å². The van der Waals surface area contributed by atoms with Crippen LogP contribution in [0.15, 0.2) is 6.07 Å². The van der Waals surface area contributed by atoms with Gasteiger partial charge in [-0.3, -0.25) is 4.79 Å². The fourth-order valence-electron chi connectivity index (χ4n) is 4.41. The number of ether oxygens (including phenoxy) is 1. The molecular weight excluding hydrogens is 359 g/mol. The summed E-state index contributed by atoms with van der Waals surface area (Å²) in [6.45, 7) is 4.79. The molecule has 1 amide bonds. The van der Waals surface area contributed by atoms with Crippen LogP contribution in [0.2, 0.25) is 0 Å². The number of carbonyl (C=O) groups is 3. The molecule has 0 saturated heterocycles. The van der Waals surface area contributed by atoms with Crippen molar-refractivity contribution < 1.29 is 53.8 Å². The van der Waals surface area contributed by atoms with Crippen molar-refractivity contribution in [3.8, 4) is 0 Å². The third-order valence-electron chi connectivity index (χ3n) is 6.11. The van der Waals surface area contributed by atoms with Crippen LogP contribution in [0.3, 0.4) is 0 Å². The number of nitrogens with zero attached hydrogens (tertiary/aromatic N) is 1. The summed E-state index contributed by atoms with van der Waals surface area (Å²) in [5, 5.41) is 14.1. The Hall–Kier alpha value is -1.31. The molecule has 7 nitrogen and oxygen atoms in total. The van der Waals surface area contributed by atoms with E-state index in [9.17, 15) is 19.5 Å². The van der Waals surface area contributed by atoms with Crippen LogP contribution in [-0.2, 0) is 33.8 Å². The smallest absolute Gasteiger partial charge is 0.550 e. The molecule has 4 atom stereocenters. The largest absolute Gasteiger partial charge is 1.00 e. The van der Waals surface area contributed by atoms with E-state index in [4.69, 9.17) is 4.74 Å². The molecule has 2 aliphatic rings. The molecule has 1 aliphatic carbocycles. The maximum atomic E-state index is 12.5. The molecule has 2 unspecified atom stereocenters. The number of carbonyl (C=O) groups excluding carboxylic acids is 3. The number of carboxylic acid groups (broad SMARTS) is 1. The molecule has 1 aromatic rings. The Bertz CT molecular complexity index is 745. The summed E-state index contributed by atoms with van der Waals surface area (Å²) in [7, 11) is 1.36. The van der Waals surface area contributed by atoms with Gasteiger partial charge in [-0.1, -0.05) is 13.8 Å². The van der Waals surface area contributed by atoms with Crippen molar-refractivity contribution in [3.63, 3.8) is 0 Å². The van der Waals surface area contributed by atoms with Crippen molar-refractivity contribution in [1.29, 1.82) is 0 Å². The normalized spacial score (nSPS) is 26.2. The number of methoxy groups -OCH3 is 1. The number of esters is 1. The minimum absolute atomic E-state index is 0. The van der Waals surface area contributed by atoms with Crippen LogP contribution in [-0.4, -0.2) is 29.5 Å². The zero-order valence-electron chi connectivity index (χ0n) is 16.4. The molecule has 0 radical (unpaired) electrons. The fraction of sp³-hybridized carbons (Fsp3) is 0.632. The second-order valence-corrected chi connectivity index (χ2v) is 7.40. The van der Waals surface area contributed by atoms with Crippen LogP contribution in [0.5, 0.6) is 0 Å². The number of hydrogen-bond acceptors (Lipinski definition) is 5. The van der Waals surface area contributed by atoms with Gasteiger partial charge in [0.05, 0.1) is 19.2 Å². The maximum Gasteiger partial charge on any atom is 1.00 e. The van der Waals surface area contributed by atoms with Crippen LogP contribution in [0, 0.1) is 23.7 Å². The van der Waals surface area contributed by atoms with Crippen molar-refractivity contribution in [1.82, 2.24) is 9.88 Å². The van der Waals surface area contributed by atoms with E-state index < -0.39 is 17.8 Å². The van der Waals surface area contributed by atoms with Gasteiger partial charge in [0.15, 0.2) is 0 Å². The fourth-order valence-corrected chi connectivity index (χ4v) is 4.41. The van der Waals surface area contributed by atoms with Gasteiger partial charge in [0.25, 0.3) is 0 Å². The molecule has 1 aromatic heterocycles. The molecule has 1 N–H and O–H groups in total. The number of fused-ring (bicyclic) bond motifs is 1. The quantitative estimate of drug-likeness (QED) is 0.447. The number of nitrogens with one attached hydrogen (secondary N) is 1. The minimum Gasteiger partial charge on any atom is -0.550 e. The Morgan fingerprint density at radius 1 is 1.22 bits per heavy atom. The number of aromatic nitrogens is 1. The molecule has 0 spiro atoms. The summed E-state index contributed by atoms with van der Waals surface area (Å²) < 4.78 is 6.93. The monoisotopic (exact) mass is 384 g/mol. The summed E-state index contributed by atoms with van der Waals surface area (Å²) in [6, 6.07) is 1.77. The predicted octanol–water partition coefficient (Wildman–Crippen LogP) is -2.50. The Labute approximate surface area is 181 Å². The molecule has 2 heterocycles. The average Bonchev–Trinajstić information content (AvgIpc) is 3.01. The topological polar surface area (TPSA) is 100 Å². The first kappa shape index (κ1) is 22.0. The SMILES string of the molecule is COC(=O)c1cc(CNC(=O)[C@@H]2C(C)C(C)[C@@H]2C(=O)[O-])n2c1CCCC2.[Na+]. The van der Waals surface area contributed by atoms with Crippen LogP contribution < -0.4 is 40.0 Å². The zero-order valence-corrected chi connectivity index (χ0v) is 18.4. The van der Waals surface area contributed by atoms with E-state index in [2.05, 4.69) is 9.88 Å². The maximum absolute atomic E-state index is 12.5. The van der Waals surface area contributed by atoms with Gasteiger partial charge in [0.1, 0.15) is 0 Å². The van der Waals surface area contributed by atoms with Gasteiger partial charge in [0, 0.05) is 35.7 Å². The third kappa shape index (κ3) is 3.96. The van der Waals surface area contributed by atoms with E-state index >= 15 is 0 Å². The van der Waals surface area contributed by atoms with Gasteiger partial charge in [-0.15, -0.1) is 0 Å². The van der Waals surface area contributed by atoms with E-state index in [0.717, 1.165) is 37.2 Å². The van der Waals surface area contributed by atoms with Crippen LogP contribution in [0.25, 0.3) is 0 Å². The Balaban J connectivity index is 0.00000261. The molecule has 8 heteroatoms. The molecule has 1 saturated carbocycles. The minimum atomic E-state index is -1.16. The Morgan fingerprint density at radius 2 is 1.89 bits per heavy atom. The molecular formula is C19H25N2NaO5. The molecule has 3 rings (SSSR count). The summed E-state index contributed by atoms with van der Waals surface area (Å²) in [4.78, 5) is 35.8. The van der Waals surface area contributed by atoms with Gasteiger partial charge < -0.3 is 24.5 Å². The number of amides is 1. The van der Waals surface area contributed by atoms with Gasteiger partial charge in [0.2, 0.25) is 5.91 Å². The number of rotatable bonds is 5. The molecule has 142 valence electrons. The third-order valence-corrected chi connectivity index (χ3v) is 6.11. The molecule has 0 bridgehead atoms. The van der Waals surface area contributed by atoms with Crippen LogP contribution in [0.1, 0.15) is 48.4 Å². The first-order valence-corrected chi connectivity index (χ1v) is 9.15. The Morgan fingerprint density at radius 3 is 2.52 bits per heavy atom. The van der Waals surface area contributed by atoms with E-state index in [1.165, 1.54) is 7.11 Å². The second-order valence-electron chi connectivity index (χ2n) is 7.40. The van der Waals surface area contributed by atoms with Crippen molar-refractivity contribution in [2.24, 2.45) is 23.7 Å². The first-order chi connectivity index (χ1) is 12.4. The molecule has 1 fully saturated rings. The van der Waals surface area contributed by atoms with Gasteiger partial charge >= 0.3 is 35.5 Å². The molecule has 0 aromatic carbocycles. The first-order valence-electron chi connectivity index (χ1n) is 9.15. The van der Waals surface area contributed by atoms with Gasteiger partial charge in [-0.2, -0.15) is 0 Å². The van der Waals surface area contributed by atoms with E-state index in [-0.39, 0.29) is 59.8 Å². The zero-order chi connectivity index (χ0) is 19.0. The number of hydrogen-bond donors (Lipinski definition) is 1. The average molecular weight is 384 g/mol. The predicted molar refractivity (Wildman–Crippen MR) is 90.9 cm³/mol. The molecule has 1 aliphatic heterocycles. The summed E-state index contributed by atoms with van der Waals surface area (Å²) in [5.41, 5.74) is 2.35. The summed E-state index contributed by atoms with van der Waals surface area (Å²) in [6.07, 6.45) is 2.85. The second kappa shape index (κ2) is 8.80. The van der Waals surface area contributed by atoms with E-state index in [0.29, 0.717) is 5.56 Å². The van der Waals surface area contributed by atoms with Crippen molar-refractivity contribution in [2.75, 3.05) is 7.11 Å². The van der Waals surface area contributed by atoms with E-state index in [1.54, 1.807) is 6.07 Å². The Kier molecular flexibility index (Phi) is 7.16. The van der Waals surface area contributed by atoms with Crippen molar-refractivity contribution in [3.05, 3.63) is 23.0 Å². The standard InChI is InChI=1S/C19H26N2O5.Na/c1-10-11(2)16(18(23)24)15(10)17(22)20-9-12-8-13(19(25)26-3)14-6-4-5-7-21(12)14;/h8,10-11,15-16H,4-7,9H2,1-3H3,(H,20,22)(H,23,24);/q;+1/p-1/t10?,11?,15-,16+;/m1./s1. The van der Waals surface area contributed by atoms with Crippen LogP contribution >= 0.6 is 0 Å². The summed E-state index contributed by atoms with van der Waals surface area (Å²) in [5.74, 6) is -3.17. The number of carboxylic acids is 1. The van der Waals surface area contributed by atoms with Gasteiger partial charge in [-0.05, 0) is 37.2 Å². The van der Waals surface area contributed by atoms with Crippen LogP contribution in [0.4, 0.5) is 0 Å². The molecule has 27 heavy (non-hydrogen) atoms. The van der Waals surface area contributed by atoms with Gasteiger partial charge in [-0.25, -0.2) is 4.79 Å². The van der Waals surface area contributed by atoms with Crippen molar-refractivity contribution >= 4 is 17.8 Å².